The Morgan fingerprint density at radius 3 is 2.76 bits per heavy atom. The van der Waals surface area contributed by atoms with Gasteiger partial charge in [0, 0.05) is 74.9 Å². The fourth-order valence-electron chi connectivity index (χ4n) is 8.45. The number of amides is 1. The Hall–Kier alpha value is -4.94. The number of nitrogens with zero attached hydrogens (tertiary/aromatic N) is 9. The minimum Gasteiger partial charge on any atom is -0.461 e. The zero-order valence-electron chi connectivity index (χ0n) is 29.7. The second kappa shape index (κ2) is 14.4. The van der Waals surface area contributed by atoms with Crippen molar-refractivity contribution in [3.63, 3.8) is 0 Å². The highest BCUT2D eigenvalue weighted by Gasteiger charge is 2.49. The van der Waals surface area contributed by atoms with Crippen molar-refractivity contribution in [3.05, 3.63) is 70.5 Å². The van der Waals surface area contributed by atoms with Gasteiger partial charge in [0.2, 0.25) is 11.7 Å². The fourth-order valence-corrected chi connectivity index (χ4v) is 8.72. The highest BCUT2D eigenvalue weighted by molar-refractivity contribution is 6.36. The molecule has 4 aliphatic heterocycles. The molecule has 2 aromatic heterocycles. The Labute approximate surface area is 315 Å². The van der Waals surface area contributed by atoms with Crippen LogP contribution in [0, 0.1) is 11.3 Å². The van der Waals surface area contributed by atoms with Crippen molar-refractivity contribution in [3.8, 4) is 12.1 Å². The van der Waals surface area contributed by atoms with Crippen LogP contribution in [0.25, 0.3) is 16.8 Å². The van der Waals surface area contributed by atoms with E-state index >= 15 is 0 Å². The third-order valence-corrected chi connectivity index (χ3v) is 11.3. The number of ether oxygens (including phenoxy) is 1. The maximum atomic E-state index is 14.6. The molecular weight excluding hydrogens is 723 g/mol. The standard InChI is InChI=1S/C38H39ClF3N9O3/c1-37(41,42)35-45-31(54-47-35)9-10-32(52)51-18-17-49(21-26(51)11-14-43)34-27-12-16-48(30-8-3-6-24-5-2-7-28(39)33(24)30)22-29(27)44-36(46-34)53-23-38-13-4-15-50(38)20-25(40)19-38/h2-3,5-10,25-26H,4,11-13,15-23H2,1H3/b10-9+/t25-,26+,38+/m1/s1. The first-order valence-electron chi connectivity index (χ1n) is 18.2. The summed E-state index contributed by atoms with van der Waals surface area (Å²) in [6, 6.07) is 13.9. The van der Waals surface area contributed by atoms with Crippen LogP contribution in [-0.4, -0.2) is 99.4 Å². The van der Waals surface area contributed by atoms with Crippen LogP contribution in [0.4, 0.5) is 24.7 Å². The quantitative estimate of drug-likeness (QED) is 0.188. The van der Waals surface area contributed by atoms with Crippen LogP contribution in [0.15, 0.2) is 47.0 Å². The molecule has 0 aliphatic carbocycles. The number of carbonyl (C=O) groups excluding carboxylic acids is 1. The van der Waals surface area contributed by atoms with E-state index in [0.29, 0.717) is 63.3 Å². The largest absolute Gasteiger partial charge is 0.461 e. The Balaban J connectivity index is 1.08. The van der Waals surface area contributed by atoms with Gasteiger partial charge in [-0.1, -0.05) is 41.0 Å². The van der Waals surface area contributed by atoms with Crippen molar-refractivity contribution in [2.45, 2.75) is 69.2 Å². The van der Waals surface area contributed by atoms with Gasteiger partial charge in [-0.25, -0.2) is 4.39 Å². The second-order valence-corrected chi connectivity index (χ2v) is 15.0. The molecule has 4 aliphatic rings. The van der Waals surface area contributed by atoms with E-state index in [2.05, 4.69) is 37.0 Å². The number of nitriles is 1. The molecule has 12 nitrogen and oxygen atoms in total. The molecule has 8 rings (SSSR count). The van der Waals surface area contributed by atoms with Gasteiger partial charge in [-0.2, -0.15) is 29.0 Å². The lowest BCUT2D eigenvalue weighted by molar-refractivity contribution is -0.128. The van der Waals surface area contributed by atoms with E-state index in [-0.39, 0.29) is 37.0 Å². The van der Waals surface area contributed by atoms with Gasteiger partial charge >= 0.3 is 11.9 Å². The lowest BCUT2D eigenvalue weighted by Gasteiger charge is -2.42. The molecule has 54 heavy (non-hydrogen) atoms. The summed E-state index contributed by atoms with van der Waals surface area (Å²) >= 11 is 6.73. The summed E-state index contributed by atoms with van der Waals surface area (Å²) in [4.78, 5) is 35.1. The normalized spacial score (nSPS) is 23.2. The lowest BCUT2D eigenvalue weighted by atomic mass is 9.95. The summed E-state index contributed by atoms with van der Waals surface area (Å²) < 4.78 is 53.1. The van der Waals surface area contributed by atoms with E-state index in [0.717, 1.165) is 47.1 Å². The minimum absolute atomic E-state index is 0.0534. The number of rotatable bonds is 9. The van der Waals surface area contributed by atoms with Crippen molar-refractivity contribution >= 4 is 45.9 Å². The van der Waals surface area contributed by atoms with Gasteiger partial charge in [-0.05, 0) is 43.3 Å². The van der Waals surface area contributed by atoms with Gasteiger partial charge in [-0.15, -0.1) is 0 Å². The summed E-state index contributed by atoms with van der Waals surface area (Å²) in [7, 11) is 0. The predicted molar refractivity (Wildman–Crippen MR) is 195 cm³/mol. The van der Waals surface area contributed by atoms with Crippen LogP contribution in [0.3, 0.4) is 0 Å². The van der Waals surface area contributed by atoms with Gasteiger partial charge in [0.05, 0.1) is 41.3 Å². The van der Waals surface area contributed by atoms with E-state index in [1.165, 1.54) is 12.2 Å². The molecule has 6 heterocycles. The van der Waals surface area contributed by atoms with E-state index < -0.39 is 29.9 Å². The Morgan fingerprint density at radius 1 is 1.13 bits per heavy atom. The third-order valence-electron chi connectivity index (χ3n) is 11.0. The van der Waals surface area contributed by atoms with E-state index in [1.807, 2.05) is 30.3 Å². The van der Waals surface area contributed by atoms with E-state index in [1.54, 1.807) is 4.90 Å². The zero-order chi connectivity index (χ0) is 37.6. The highest BCUT2D eigenvalue weighted by atomic mass is 35.5. The van der Waals surface area contributed by atoms with Gasteiger partial charge in [0.1, 0.15) is 18.6 Å². The van der Waals surface area contributed by atoms with Crippen molar-refractivity contribution in [1.29, 1.82) is 5.26 Å². The summed E-state index contributed by atoms with van der Waals surface area (Å²) in [5, 5.41) is 15.7. The molecular formula is C38H39ClF3N9O3. The fraction of sp³-hybridized carbons (Fsp3) is 0.474. The Bertz CT molecular complexity index is 2130. The van der Waals surface area contributed by atoms with Gasteiger partial charge in [0.25, 0.3) is 5.89 Å². The average Bonchev–Trinajstić information content (AvgIpc) is 3.87. The lowest BCUT2D eigenvalue weighted by Crippen LogP contribution is -2.55. The summed E-state index contributed by atoms with van der Waals surface area (Å²) in [5.74, 6) is -4.02. The summed E-state index contributed by atoms with van der Waals surface area (Å²) in [6.45, 7) is 4.31. The number of aromatic nitrogens is 4. The molecule has 0 unspecified atom stereocenters. The zero-order valence-corrected chi connectivity index (χ0v) is 30.5. The number of carbonyl (C=O) groups is 1. The van der Waals surface area contributed by atoms with Crippen LogP contribution >= 0.6 is 11.6 Å². The van der Waals surface area contributed by atoms with Crippen molar-refractivity contribution in [1.82, 2.24) is 29.9 Å². The van der Waals surface area contributed by atoms with Crippen molar-refractivity contribution in [2.75, 3.05) is 55.7 Å². The monoisotopic (exact) mass is 761 g/mol. The number of hydrogen-bond donors (Lipinski definition) is 0. The van der Waals surface area contributed by atoms with E-state index in [4.69, 9.17) is 30.8 Å². The molecule has 2 aromatic carbocycles. The minimum atomic E-state index is -3.29. The molecule has 16 heteroatoms. The molecule has 3 saturated heterocycles. The Morgan fingerprint density at radius 2 is 1.96 bits per heavy atom. The average molecular weight is 762 g/mol. The number of fused-ring (bicyclic) bond motifs is 3. The Kier molecular flexibility index (Phi) is 9.60. The second-order valence-electron chi connectivity index (χ2n) is 14.6. The number of halogens is 4. The van der Waals surface area contributed by atoms with Gasteiger partial charge in [-0.3, -0.25) is 9.69 Å². The molecule has 0 saturated carbocycles. The maximum absolute atomic E-state index is 14.6. The first-order chi connectivity index (χ1) is 26.0. The molecule has 0 bridgehead atoms. The highest BCUT2D eigenvalue weighted by Crippen LogP contribution is 2.41. The first kappa shape index (κ1) is 36.1. The maximum Gasteiger partial charge on any atom is 0.318 e. The van der Waals surface area contributed by atoms with Crippen LogP contribution in [0.2, 0.25) is 5.02 Å². The van der Waals surface area contributed by atoms with Gasteiger partial charge in [0.15, 0.2) is 0 Å². The third kappa shape index (κ3) is 6.93. The summed E-state index contributed by atoms with van der Waals surface area (Å²) in [5.41, 5.74) is 2.38. The molecule has 282 valence electrons. The van der Waals surface area contributed by atoms with Crippen LogP contribution in [0.1, 0.15) is 55.6 Å². The predicted octanol–water partition coefficient (Wildman–Crippen LogP) is 5.94. The topological polar surface area (TPSA) is 128 Å². The number of hydrogen-bond acceptors (Lipinski definition) is 11. The molecule has 0 N–H and O–H groups in total. The molecule has 0 spiro atoms. The number of piperazine rings is 1. The van der Waals surface area contributed by atoms with Crippen molar-refractivity contribution in [2.24, 2.45) is 0 Å². The molecule has 0 radical (unpaired) electrons. The number of anilines is 2. The van der Waals surface area contributed by atoms with Crippen LogP contribution in [-0.2, 0) is 23.7 Å². The first-order valence-corrected chi connectivity index (χ1v) is 18.6. The van der Waals surface area contributed by atoms with E-state index in [9.17, 15) is 23.2 Å². The number of alkyl halides is 3. The molecule has 4 aromatic rings. The van der Waals surface area contributed by atoms with Crippen molar-refractivity contribution < 1.29 is 27.2 Å². The SMILES string of the molecule is CC(F)(F)c1noc(/C=C/C(=O)N2CCN(c3nc(OC[C@@]45CCCN4C[C@H](F)C5)nc4c3CCN(c3cccc5cccc(Cl)c35)C4)C[C@@H]2CC#N)n1. The smallest absolute Gasteiger partial charge is 0.318 e. The van der Waals surface area contributed by atoms with Crippen LogP contribution < -0.4 is 14.5 Å². The van der Waals surface area contributed by atoms with Crippen LogP contribution in [0.5, 0.6) is 6.01 Å². The van der Waals surface area contributed by atoms with Gasteiger partial charge < -0.3 is 24.0 Å². The number of benzene rings is 2. The molecule has 3 atom stereocenters. The molecule has 3 fully saturated rings. The molecule has 1 amide bonds. The summed E-state index contributed by atoms with van der Waals surface area (Å²) in [6.07, 6.45) is 4.41.